The van der Waals surface area contributed by atoms with Crippen LogP contribution in [0.5, 0.6) is 5.75 Å². The molecule has 3 heteroatoms. The molecule has 1 atom stereocenters. The number of ether oxygens (including phenoxy) is 1. The number of methoxy groups -OCH3 is 1. The van der Waals surface area contributed by atoms with E-state index in [-0.39, 0.29) is 5.38 Å². The normalized spacial score (nSPS) is 12.2. The van der Waals surface area contributed by atoms with E-state index in [1.165, 1.54) is 0 Å². The van der Waals surface area contributed by atoms with Crippen molar-refractivity contribution in [2.24, 2.45) is 0 Å². The second-order valence-electron chi connectivity index (χ2n) is 4.12. The topological polar surface area (TPSA) is 9.23 Å². The molecule has 0 aliphatic heterocycles. The van der Waals surface area contributed by atoms with Gasteiger partial charge in [0.25, 0.3) is 0 Å². The summed E-state index contributed by atoms with van der Waals surface area (Å²) >= 11 is 10.1. The minimum atomic E-state index is -0.210. The van der Waals surface area contributed by atoms with Crippen LogP contribution in [0, 0.1) is 6.92 Å². The van der Waals surface area contributed by atoms with E-state index in [0.717, 1.165) is 26.9 Å². The molecule has 94 valence electrons. The first-order chi connectivity index (χ1) is 8.63. The predicted octanol–water partition coefficient (Wildman–Crippen LogP) is 5.09. The highest BCUT2D eigenvalue weighted by atomic mass is 79.9. The number of aryl methyl sites for hydroxylation is 1. The van der Waals surface area contributed by atoms with E-state index in [0.29, 0.717) is 0 Å². The zero-order chi connectivity index (χ0) is 13.1. The fraction of sp³-hybridized carbons (Fsp3) is 0.200. The van der Waals surface area contributed by atoms with Gasteiger partial charge in [-0.3, -0.25) is 0 Å². The fourth-order valence-electron chi connectivity index (χ4n) is 1.85. The first kappa shape index (κ1) is 13.4. The smallest absolute Gasteiger partial charge is 0.124 e. The summed E-state index contributed by atoms with van der Waals surface area (Å²) in [5.74, 6) is 0.819. The van der Waals surface area contributed by atoms with Gasteiger partial charge in [0.05, 0.1) is 12.5 Å². The van der Waals surface area contributed by atoms with Crippen LogP contribution in [0.3, 0.4) is 0 Å². The van der Waals surface area contributed by atoms with Crippen LogP contribution in [0.4, 0.5) is 0 Å². The summed E-state index contributed by atoms with van der Waals surface area (Å²) in [5.41, 5.74) is 3.17. The third-order valence-corrected chi connectivity index (χ3v) is 4.22. The highest BCUT2D eigenvalue weighted by Gasteiger charge is 2.16. The van der Waals surface area contributed by atoms with Crippen LogP contribution >= 0.6 is 27.5 Å². The fourth-order valence-corrected chi connectivity index (χ4v) is 2.52. The van der Waals surface area contributed by atoms with Crippen molar-refractivity contribution < 1.29 is 4.74 Å². The Labute approximate surface area is 121 Å². The Balaban J connectivity index is 2.47. The quantitative estimate of drug-likeness (QED) is 0.714. The largest absolute Gasteiger partial charge is 0.496 e. The van der Waals surface area contributed by atoms with Gasteiger partial charge in [0, 0.05) is 10.0 Å². The standard InChI is InChI=1S/C15H14BrClO/c1-10-8-14(18-2)12(9-13(10)16)15(17)11-6-4-3-5-7-11/h3-9,15H,1-2H3. The van der Waals surface area contributed by atoms with E-state index in [1.807, 2.05) is 49.4 Å². The highest BCUT2D eigenvalue weighted by Crippen LogP contribution is 2.37. The summed E-state index contributed by atoms with van der Waals surface area (Å²) < 4.78 is 6.46. The molecule has 1 unspecified atom stereocenters. The van der Waals surface area contributed by atoms with Gasteiger partial charge in [-0.1, -0.05) is 46.3 Å². The molecule has 1 nitrogen and oxygen atoms in total. The van der Waals surface area contributed by atoms with Crippen LogP contribution < -0.4 is 4.74 Å². The minimum Gasteiger partial charge on any atom is -0.496 e. The van der Waals surface area contributed by atoms with Crippen LogP contribution in [-0.4, -0.2) is 7.11 Å². The predicted molar refractivity (Wildman–Crippen MR) is 79.6 cm³/mol. The average molecular weight is 326 g/mol. The first-order valence-corrected chi connectivity index (χ1v) is 6.89. The zero-order valence-electron chi connectivity index (χ0n) is 10.3. The van der Waals surface area contributed by atoms with Gasteiger partial charge in [-0.25, -0.2) is 0 Å². The molecule has 0 N–H and O–H groups in total. The Kier molecular flexibility index (Phi) is 4.31. The van der Waals surface area contributed by atoms with Crippen LogP contribution in [0.15, 0.2) is 46.9 Å². The molecular weight excluding hydrogens is 312 g/mol. The molecule has 0 aliphatic carbocycles. The summed E-state index contributed by atoms with van der Waals surface area (Å²) in [7, 11) is 1.67. The SMILES string of the molecule is COc1cc(C)c(Br)cc1C(Cl)c1ccccc1. The molecule has 0 radical (unpaired) electrons. The van der Waals surface area contributed by atoms with Crippen LogP contribution in [-0.2, 0) is 0 Å². The molecule has 0 aliphatic rings. The molecular formula is C15H14BrClO. The molecule has 0 spiro atoms. The van der Waals surface area contributed by atoms with Gasteiger partial charge < -0.3 is 4.74 Å². The Morgan fingerprint density at radius 3 is 2.44 bits per heavy atom. The third kappa shape index (κ3) is 2.70. The molecule has 2 aromatic carbocycles. The summed E-state index contributed by atoms with van der Waals surface area (Å²) in [4.78, 5) is 0. The number of halogens is 2. The van der Waals surface area contributed by atoms with Crippen molar-refractivity contribution in [3.05, 3.63) is 63.6 Å². The Morgan fingerprint density at radius 2 is 1.83 bits per heavy atom. The Morgan fingerprint density at radius 1 is 1.17 bits per heavy atom. The molecule has 0 saturated carbocycles. The summed E-state index contributed by atoms with van der Waals surface area (Å²) in [5, 5.41) is -0.210. The number of hydrogen-bond donors (Lipinski definition) is 0. The van der Waals surface area contributed by atoms with Gasteiger partial charge in [-0.05, 0) is 30.2 Å². The molecule has 0 aromatic heterocycles. The summed E-state index contributed by atoms with van der Waals surface area (Å²) in [6.07, 6.45) is 0. The Hall–Kier alpha value is -0.990. The average Bonchev–Trinajstić information content (AvgIpc) is 2.41. The van der Waals surface area contributed by atoms with Crippen molar-refractivity contribution in [1.29, 1.82) is 0 Å². The molecule has 0 fully saturated rings. The van der Waals surface area contributed by atoms with E-state index in [2.05, 4.69) is 15.9 Å². The molecule has 0 saturated heterocycles. The van der Waals surface area contributed by atoms with Gasteiger partial charge in [-0.2, -0.15) is 0 Å². The van der Waals surface area contributed by atoms with Gasteiger partial charge in [0.2, 0.25) is 0 Å². The van der Waals surface area contributed by atoms with Crippen LogP contribution in [0.1, 0.15) is 22.1 Å². The molecule has 0 heterocycles. The highest BCUT2D eigenvalue weighted by molar-refractivity contribution is 9.10. The lowest BCUT2D eigenvalue weighted by Crippen LogP contribution is -1.98. The van der Waals surface area contributed by atoms with Gasteiger partial charge in [-0.15, -0.1) is 11.6 Å². The molecule has 0 amide bonds. The van der Waals surface area contributed by atoms with Gasteiger partial charge in [0.15, 0.2) is 0 Å². The van der Waals surface area contributed by atoms with Crippen LogP contribution in [0.25, 0.3) is 0 Å². The molecule has 0 bridgehead atoms. The van der Waals surface area contributed by atoms with Crippen molar-refractivity contribution in [3.8, 4) is 5.75 Å². The van der Waals surface area contributed by atoms with Crippen molar-refractivity contribution >= 4 is 27.5 Å². The minimum absolute atomic E-state index is 0.210. The second kappa shape index (κ2) is 5.77. The third-order valence-electron chi connectivity index (χ3n) is 2.88. The summed E-state index contributed by atoms with van der Waals surface area (Å²) in [6, 6.07) is 14.0. The number of hydrogen-bond acceptors (Lipinski definition) is 1. The number of rotatable bonds is 3. The van der Waals surface area contributed by atoms with Crippen LogP contribution in [0.2, 0.25) is 0 Å². The lowest BCUT2D eigenvalue weighted by Gasteiger charge is -2.16. The summed E-state index contributed by atoms with van der Waals surface area (Å²) in [6.45, 7) is 2.03. The van der Waals surface area contributed by atoms with Gasteiger partial charge in [0.1, 0.15) is 5.75 Å². The van der Waals surface area contributed by atoms with Crippen molar-refractivity contribution in [1.82, 2.24) is 0 Å². The maximum atomic E-state index is 6.54. The van der Waals surface area contributed by atoms with E-state index < -0.39 is 0 Å². The maximum Gasteiger partial charge on any atom is 0.124 e. The lowest BCUT2D eigenvalue weighted by molar-refractivity contribution is 0.409. The number of benzene rings is 2. The van der Waals surface area contributed by atoms with Crippen molar-refractivity contribution in [2.75, 3.05) is 7.11 Å². The van der Waals surface area contributed by atoms with Crippen molar-refractivity contribution in [3.63, 3.8) is 0 Å². The molecule has 2 aromatic rings. The zero-order valence-corrected chi connectivity index (χ0v) is 12.6. The molecule has 18 heavy (non-hydrogen) atoms. The monoisotopic (exact) mass is 324 g/mol. The Bertz CT molecular complexity index is 540. The van der Waals surface area contributed by atoms with E-state index >= 15 is 0 Å². The maximum absolute atomic E-state index is 6.54. The second-order valence-corrected chi connectivity index (χ2v) is 5.41. The lowest BCUT2D eigenvalue weighted by atomic mass is 10.0. The van der Waals surface area contributed by atoms with E-state index in [1.54, 1.807) is 7.11 Å². The van der Waals surface area contributed by atoms with Gasteiger partial charge >= 0.3 is 0 Å². The molecule has 2 rings (SSSR count). The van der Waals surface area contributed by atoms with Crippen molar-refractivity contribution in [2.45, 2.75) is 12.3 Å². The van der Waals surface area contributed by atoms with E-state index in [4.69, 9.17) is 16.3 Å². The van der Waals surface area contributed by atoms with E-state index in [9.17, 15) is 0 Å². The first-order valence-electron chi connectivity index (χ1n) is 5.66. The number of alkyl halides is 1.